The zero-order chi connectivity index (χ0) is 17.4. The van der Waals surface area contributed by atoms with Crippen LogP contribution in [0.4, 0.5) is 13.2 Å². The summed E-state index contributed by atoms with van der Waals surface area (Å²) in [6.45, 7) is 1.31. The van der Waals surface area contributed by atoms with E-state index in [2.05, 4.69) is 4.74 Å². The van der Waals surface area contributed by atoms with E-state index in [0.29, 0.717) is 13.2 Å². The van der Waals surface area contributed by atoms with E-state index in [-0.39, 0.29) is 18.5 Å². The third kappa shape index (κ3) is 4.01. The van der Waals surface area contributed by atoms with E-state index in [0.717, 1.165) is 31.4 Å². The number of hydrogen-bond donors (Lipinski definition) is 0. The van der Waals surface area contributed by atoms with Gasteiger partial charge in [0.15, 0.2) is 0 Å². The summed E-state index contributed by atoms with van der Waals surface area (Å²) in [6.07, 6.45) is -2.76. The van der Waals surface area contributed by atoms with Gasteiger partial charge in [-0.25, -0.2) is 8.42 Å². The molecule has 1 aliphatic carbocycles. The summed E-state index contributed by atoms with van der Waals surface area (Å²) in [5.74, 6) is -0.630. The van der Waals surface area contributed by atoms with Gasteiger partial charge in [-0.1, -0.05) is 12.1 Å². The molecule has 1 aromatic carbocycles. The number of benzene rings is 1. The van der Waals surface area contributed by atoms with Crippen LogP contribution in [0.15, 0.2) is 29.2 Å². The zero-order valence-electron chi connectivity index (χ0n) is 12.8. The SMILES string of the molecule is O=S(=O)(c1ccccc1OC(F)(F)F)N(C[C@H]1CCOC1)C1CC1. The highest BCUT2D eigenvalue weighted by molar-refractivity contribution is 7.89. The molecule has 1 atom stereocenters. The number of rotatable bonds is 6. The van der Waals surface area contributed by atoms with Gasteiger partial charge in [0.1, 0.15) is 10.6 Å². The number of ether oxygens (including phenoxy) is 2. The summed E-state index contributed by atoms with van der Waals surface area (Å²) in [7, 11) is -4.08. The second-order valence-corrected chi connectivity index (χ2v) is 7.89. The van der Waals surface area contributed by atoms with Crippen molar-refractivity contribution in [2.75, 3.05) is 19.8 Å². The van der Waals surface area contributed by atoms with Crippen molar-refractivity contribution in [2.45, 2.75) is 36.6 Å². The summed E-state index contributed by atoms with van der Waals surface area (Å²) in [4.78, 5) is -0.451. The maximum atomic E-state index is 12.9. The summed E-state index contributed by atoms with van der Waals surface area (Å²) < 4.78 is 74.1. The van der Waals surface area contributed by atoms with Gasteiger partial charge in [0.2, 0.25) is 10.0 Å². The molecule has 0 radical (unpaired) electrons. The maximum absolute atomic E-state index is 12.9. The number of nitrogens with zero attached hydrogens (tertiary/aromatic N) is 1. The van der Waals surface area contributed by atoms with E-state index < -0.39 is 27.0 Å². The van der Waals surface area contributed by atoms with Gasteiger partial charge in [0.05, 0.1) is 6.61 Å². The van der Waals surface area contributed by atoms with E-state index >= 15 is 0 Å². The van der Waals surface area contributed by atoms with Crippen molar-refractivity contribution in [2.24, 2.45) is 5.92 Å². The molecule has 0 unspecified atom stereocenters. The van der Waals surface area contributed by atoms with Crippen LogP contribution in [-0.2, 0) is 14.8 Å². The summed E-state index contributed by atoms with van der Waals surface area (Å²) in [5.41, 5.74) is 0. The summed E-state index contributed by atoms with van der Waals surface area (Å²) >= 11 is 0. The average Bonchev–Trinajstić information content (AvgIpc) is 3.19. The highest BCUT2D eigenvalue weighted by Crippen LogP contribution is 2.37. The van der Waals surface area contributed by atoms with Crippen molar-refractivity contribution in [1.82, 2.24) is 4.31 Å². The molecule has 24 heavy (non-hydrogen) atoms. The molecule has 0 spiro atoms. The first-order valence-corrected chi connectivity index (χ1v) is 9.16. The molecule has 1 heterocycles. The number of halogens is 3. The van der Waals surface area contributed by atoms with Gasteiger partial charge in [-0.05, 0) is 37.3 Å². The molecule has 0 N–H and O–H groups in total. The predicted octanol–water partition coefficient (Wildman–Crippen LogP) is 2.77. The maximum Gasteiger partial charge on any atom is 0.573 e. The van der Waals surface area contributed by atoms with E-state index in [9.17, 15) is 21.6 Å². The smallest absolute Gasteiger partial charge is 0.404 e. The van der Waals surface area contributed by atoms with Gasteiger partial charge in [0, 0.05) is 19.2 Å². The fourth-order valence-corrected chi connectivity index (χ4v) is 4.66. The Morgan fingerprint density at radius 3 is 2.50 bits per heavy atom. The molecule has 3 rings (SSSR count). The molecule has 0 bridgehead atoms. The normalized spacial score (nSPS) is 22.1. The summed E-state index contributed by atoms with van der Waals surface area (Å²) in [6, 6.07) is 4.71. The molecule has 1 aliphatic heterocycles. The van der Waals surface area contributed by atoms with Crippen LogP contribution in [0.1, 0.15) is 19.3 Å². The van der Waals surface area contributed by atoms with E-state index in [1.165, 1.54) is 16.4 Å². The van der Waals surface area contributed by atoms with Gasteiger partial charge >= 0.3 is 6.36 Å². The molecule has 0 aromatic heterocycles. The molecule has 2 fully saturated rings. The fraction of sp³-hybridized carbons (Fsp3) is 0.600. The Morgan fingerprint density at radius 2 is 1.92 bits per heavy atom. The van der Waals surface area contributed by atoms with Crippen molar-refractivity contribution in [3.8, 4) is 5.75 Å². The Kier molecular flexibility index (Phi) is 4.76. The average molecular weight is 365 g/mol. The van der Waals surface area contributed by atoms with Crippen LogP contribution in [0, 0.1) is 5.92 Å². The lowest BCUT2D eigenvalue weighted by molar-refractivity contribution is -0.275. The Balaban J connectivity index is 1.90. The first-order chi connectivity index (χ1) is 11.3. The Bertz CT molecular complexity index is 682. The molecule has 1 aromatic rings. The quantitative estimate of drug-likeness (QED) is 0.778. The molecular weight excluding hydrogens is 347 g/mol. The van der Waals surface area contributed by atoms with Crippen molar-refractivity contribution >= 4 is 10.0 Å². The predicted molar refractivity (Wildman–Crippen MR) is 79.0 cm³/mol. The van der Waals surface area contributed by atoms with Crippen molar-refractivity contribution in [3.63, 3.8) is 0 Å². The highest BCUT2D eigenvalue weighted by Gasteiger charge is 2.42. The number of sulfonamides is 1. The topological polar surface area (TPSA) is 55.8 Å². The molecule has 0 amide bonds. The number of hydrogen-bond acceptors (Lipinski definition) is 4. The zero-order valence-corrected chi connectivity index (χ0v) is 13.6. The highest BCUT2D eigenvalue weighted by atomic mass is 32.2. The standard InChI is InChI=1S/C15H18F3NO4S/c16-15(17,18)23-13-3-1-2-4-14(13)24(20,21)19(12-5-6-12)9-11-7-8-22-10-11/h1-4,11-12H,5-10H2/t11-/m1/s1. The van der Waals surface area contributed by atoms with E-state index in [4.69, 9.17) is 4.74 Å². The minimum Gasteiger partial charge on any atom is -0.404 e. The van der Waals surface area contributed by atoms with Crippen molar-refractivity contribution in [1.29, 1.82) is 0 Å². The minimum absolute atomic E-state index is 0.0658. The lowest BCUT2D eigenvalue weighted by Crippen LogP contribution is -2.37. The monoisotopic (exact) mass is 365 g/mol. The third-order valence-electron chi connectivity index (χ3n) is 4.08. The van der Waals surface area contributed by atoms with Gasteiger partial charge < -0.3 is 9.47 Å². The first kappa shape index (κ1) is 17.5. The molecule has 9 heteroatoms. The molecule has 2 aliphatic rings. The Morgan fingerprint density at radius 1 is 1.21 bits per heavy atom. The van der Waals surface area contributed by atoms with Crippen LogP contribution in [0.3, 0.4) is 0 Å². The van der Waals surface area contributed by atoms with Gasteiger partial charge in [-0.3, -0.25) is 0 Å². The third-order valence-corrected chi connectivity index (χ3v) is 6.04. The summed E-state index contributed by atoms with van der Waals surface area (Å²) in [5, 5.41) is 0. The minimum atomic E-state index is -4.95. The second kappa shape index (κ2) is 6.53. The lowest BCUT2D eigenvalue weighted by atomic mass is 10.1. The largest absolute Gasteiger partial charge is 0.573 e. The Labute approximate surface area is 138 Å². The number of para-hydroxylation sites is 1. The van der Waals surface area contributed by atoms with Crippen LogP contribution in [0.2, 0.25) is 0 Å². The van der Waals surface area contributed by atoms with Crippen molar-refractivity contribution < 1.29 is 31.1 Å². The number of alkyl halides is 3. The van der Waals surface area contributed by atoms with Crippen LogP contribution in [-0.4, -0.2) is 44.9 Å². The first-order valence-electron chi connectivity index (χ1n) is 7.72. The van der Waals surface area contributed by atoms with Crippen LogP contribution >= 0.6 is 0 Å². The lowest BCUT2D eigenvalue weighted by Gasteiger charge is -2.25. The van der Waals surface area contributed by atoms with Crippen LogP contribution in [0.25, 0.3) is 0 Å². The van der Waals surface area contributed by atoms with Gasteiger partial charge in [0.25, 0.3) is 0 Å². The van der Waals surface area contributed by atoms with Gasteiger partial charge in [-0.15, -0.1) is 13.2 Å². The van der Waals surface area contributed by atoms with Crippen molar-refractivity contribution in [3.05, 3.63) is 24.3 Å². The van der Waals surface area contributed by atoms with Crippen LogP contribution in [0.5, 0.6) is 5.75 Å². The second-order valence-electron chi connectivity index (χ2n) is 6.03. The van der Waals surface area contributed by atoms with Crippen LogP contribution < -0.4 is 4.74 Å². The van der Waals surface area contributed by atoms with E-state index in [1.54, 1.807) is 0 Å². The van der Waals surface area contributed by atoms with Gasteiger partial charge in [-0.2, -0.15) is 4.31 Å². The molecule has 1 saturated carbocycles. The fourth-order valence-electron chi connectivity index (χ4n) is 2.79. The Hall–Kier alpha value is -1.32. The van der Waals surface area contributed by atoms with E-state index in [1.807, 2.05) is 0 Å². The molecule has 5 nitrogen and oxygen atoms in total. The molecular formula is C15H18F3NO4S. The molecule has 134 valence electrons. The molecule has 1 saturated heterocycles.